The molecule has 6 nitrogen and oxygen atoms in total. The van der Waals surface area contributed by atoms with E-state index in [1.807, 2.05) is 0 Å². The number of ether oxygens (including phenoxy) is 1. The minimum atomic E-state index is -3.12. The molecule has 1 rings (SSSR count). The summed E-state index contributed by atoms with van der Waals surface area (Å²) in [5.74, 6) is -2.13. The Morgan fingerprint density at radius 3 is 2.67 bits per heavy atom. The van der Waals surface area contributed by atoms with Crippen LogP contribution in [0.5, 0.6) is 5.75 Å². The van der Waals surface area contributed by atoms with Gasteiger partial charge in [0.25, 0.3) is 0 Å². The summed E-state index contributed by atoms with van der Waals surface area (Å²) in [5.41, 5.74) is -0.258. The highest BCUT2D eigenvalue weighted by molar-refractivity contribution is 5.90. The zero-order valence-electron chi connectivity index (χ0n) is 10.7. The van der Waals surface area contributed by atoms with Crippen LogP contribution in [-0.4, -0.2) is 30.3 Å². The molecule has 1 aromatic rings. The standard InChI is InChI=1S/C12H13F3N2O4/c13-7-3-4-9(21-11(14)15)8(6-7)17-12(20)16-5-1-2-10(18)19/h3-4,6,11H,1-2,5H2,(H,18,19)(H2,16,17,20). The van der Waals surface area contributed by atoms with Crippen molar-refractivity contribution in [3.63, 3.8) is 0 Å². The van der Waals surface area contributed by atoms with Crippen molar-refractivity contribution in [1.29, 1.82) is 0 Å². The van der Waals surface area contributed by atoms with Crippen LogP contribution in [0.4, 0.5) is 23.7 Å². The van der Waals surface area contributed by atoms with Crippen molar-refractivity contribution in [2.24, 2.45) is 0 Å². The molecule has 0 aliphatic rings. The van der Waals surface area contributed by atoms with Crippen molar-refractivity contribution in [2.45, 2.75) is 19.5 Å². The number of hydrogen-bond acceptors (Lipinski definition) is 3. The first-order chi connectivity index (χ1) is 9.88. The summed E-state index contributed by atoms with van der Waals surface area (Å²) in [5, 5.41) is 12.9. The number of nitrogens with one attached hydrogen (secondary N) is 2. The molecule has 0 radical (unpaired) electrons. The zero-order valence-corrected chi connectivity index (χ0v) is 10.7. The first-order valence-corrected chi connectivity index (χ1v) is 5.89. The molecule has 2 amide bonds. The lowest BCUT2D eigenvalue weighted by molar-refractivity contribution is -0.137. The summed E-state index contributed by atoms with van der Waals surface area (Å²) in [6.07, 6.45) is 0.0757. The van der Waals surface area contributed by atoms with Crippen LogP contribution in [0.1, 0.15) is 12.8 Å². The monoisotopic (exact) mass is 306 g/mol. The maximum atomic E-state index is 13.1. The van der Waals surface area contributed by atoms with Gasteiger partial charge in [0.05, 0.1) is 5.69 Å². The summed E-state index contributed by atoms with van der Waals surface area (Å²) < 4.78 is 41.5. The molecule has 0 atom stereocenters. The number of aliphatic carboxylic acids is 1. The second-order valence-electron chi connectivity index (χ2n) is 3.90. The Morgan fingerprint density at radius 2 is 2.05 bits per heavy atom. The van der Waals surface area contributed by atoms with Crippen LogP contribution in [-0.2, 0) is 4.79 Å². The van der Waals surface area contributed by atoms with Crippen molar-refractivity contribution in [2.75, 3.05) is 11.9 Å². The number of carbonyl (C=O) groups is 2. The predicted octanol–water partition coefficient (Wildman–Crippen LogP) is 2.41. The van der Waals surface area contributed by atoms with Crippen molar-refractivity contribution < 1.29 is 32.6 Å². The second kappa shape index (κ2) is 7.98. The topological polar surface area (TPSA) is 87.7 Å². The molecule has 0 spiro atoms. The van der Waals surface area contributed by atoms with Gasteiger partial charge in [0.1, 0.15) is 11.6 Å². The molecule has 0 aliphatic heterocycles. The molecule has 116 valence electrons. The van der Waals surface area contributed by atoms with Gasteiger partial charge in [-0.3, -0.25) is 4.79 Å². The Hall–Kier alpha value is -2.45. The van der Waals surface area contributed by atoms with E-state index < -0.39 is 24.4 Å². The van der Waals surface area contributed by atoms with E-state index in [-0.39, 0.29) is 30.8 Å². The van der Waals surface area contributed by atoms with Gasteiger partial charge in [0.15, 0.2) is 0 Å². The number of carbonyl (C=O) groups excluding carboxylic acids is 1. The van der Waals surface area contributed by atoms with Gasteiger partial charge in [-0.25, -0.2) is 9.18 Å². The van der Waals surface area contributed by atoms with Crippen molar-refractivity contribution in [3.05, 3.63) is 24.0 Å². The highest BCUT2D eigenvalue weighted by Crippen LogP contribution is 2.26. The smallest absolute Gasteiger partial charge is 0.387 e. The minimum absolute atomic E-state index is 0.0679. The van der Waals surface area contributed by atoms with Gasteiger partial charge in [-0.05, 0) is 18.6 Å². The fourth-order valence-corrected chi connectivity index (χ4v) is 1.41. The van der Waals surface area contributed by atoms with E-state index in [2.05, 4.69) is 15.4 Å². The molecular formula is C12H13F3N2O4. The molecule has 21 heavy (non-hydrogen) atoms. The van der Waals surface area contributed by atoms with E-state index >= 15 is 0 Å². The number of anilines is 1. The Labute approximate surface area is 117 Å². The number of amides is 2. The third-order valence-corrected chi connectivity index (χ3v) is 2.26. The third kappa shape index (κ3) is 6.50. The average Bonchev–Trinajstić information content (AvgIpc) is 2.37. The summed E-state index contributed by atoms with van der Waals surface area (Å²) in [6.45, 7) is -3.05. The molecule has 0 saturated carbocycles. The Bertz CT molecular complexity index is 511. The fourth-order valence-electron chi connectivity index (χ4n) is 1.41. The maximum absolute atomic E-state index is 13.1. The third-order valence-electron chi connectivity index (χ3n) is 2.26. The van der Waals surface area contributed by atoms with E-state index in [9.17, 15) is 22.8 Å². The van der Waals surface area contributed by atoms with E-state index in [1.165, 1.54) is 0 Å². The van der Waals surface area contributed by atoms with Crippen LogP contribution in [0, 0.1) is 5.82 Å². The summed E-state index contributed by atoms with van der Waals surface area (Å²) in [4.78, 5) is 21.7. The van der Waals surface area contributed by atoms with Crippen molar-refractivity contribution in [3.8, 4) is 5.75 Å². The normalized spacial score (nSPS) is 10.3. The van der Waals surface area contributed by atoms with Gasteiger partial charge in [-0.15, -0.1) is 0 Å². The highest BCUT2D eigenvalue weighted by Gasteiger charge is 2.13. The predicted molar refractivity (Wildman–Crippen MR) is 66.9 cm³/mol. The molecule has 1 aromatic carbocycles. The van der Waals surface area contributed by atoms with E-state index in [4.69, 9.17) is 5.11 Å². The number of benzene rings is 1. The Kier molecular flexibility index (Phi) is 6.31. The molecular weight excluding hydrogens is 293 g/mol. The zero-order chi connectivity index (χ0) is 15.8. The van der Waals surface area contributed by atoms with Gasteiger partial charge in [0, 0.05) is 19.0 Å². The number of carboxylic acids is 1. The van der Waals surface area contributed by atoms with Crippen LogP contribution in [0.2, 0.25) is 0 Å². The Balaban J connectivity index is 2.58. The molecule has 3 N–H and O–H groups in total. The van der Waals surface area contributed by atoms with Gasteiger partial charge >= 0.3 is 18.6 Å². The van der Waals surface area contributed by atoms with E-state index in [0.717, 1.165) is 18.2 Å². The quantitative estimate of drug-likeness (QED) is 0.675. The van der Waals surface area contributed by atoms with E-state index in [1.54, 1.807) is 0 Å². The molecule has 0 saturated heterocycles. The van der Waals surface area contributed by atoms with Crippen LogP contribution in [0.15, 0.2) is 18.2 Å². The Morgan fingerprint density at radius 1 is 1.33 bits per heavy atom. The number of rotatable bonds is 7. The van der Waals surface area contributed by atoms with Crippen LogP contribution >= 0.6 is 0 Å². The second-order valence-corrected chi connectivity index (χ2v) is 3.90. The fraction of sp³-hybridized carbons (Fsp3) is 0.333. The van der Waals surface area contributed by atoms with Gasteiger partial charge in [-0.1, -0.05) is 0 Å². The molecule has 0 heterocycles. The van der Waals surface area contributed by atoms with Crippen LogP contribution in [0.3, 0.4) is 0 Å². The SMILES string of the molecule is O=C(O)CCCNC(=O)Nc1cc(F)ccc1OC(F)F. The number of carboxylic acid groups (broad SMARTS) is 1. The van der Waals surface area contributed by atoms with Gasteiger partial charge < -0.3 is 20.5 Å². The number of hydrogen-bond donors (Lipinski definition) is 3. The summed E-state index contributed by atoms with van der Waals surface area (Å²) in [7, 11) is 0. The number of halogens is 3. The van der Waals surface area contributed by atoms with Crippen molar-refractivity contribution >= 4 is 17.7 Å². The lowest BCUT2D eigenvalue weighted by atomic mass is 10.3. The molecule has 0 aromatic heterocycles. The first kappa shape index (κ1) is 16.6. The minimum Gasteiger partial charge on any atom is -0.481 e. The average molecular weight is 306 g/mol. The molecule has 0 bridgehead atoms. The number of alkyl halides is 2. The summed E-state index contributed by atoms with van der Waals surface area (Å²) in [6, 6.07) is 1.91. The first-order valence-electron chi connectivity index (χ1n) is 5.89. The lowest BCUT2D eigenvalue weighted by Gasteiger charge is -2.12. The maximum Gasteiger partial charge on any atom is 0.387 e. The molecule has 0 unspecified atom stereocenters. The van der Waals surface area contributed by atoms with Crippen molar-refractivity contribution in [1.82, 2.24) is 5.32 Å². The van der Waals surface area contributed by atoms with E-state index in [0.29, 0.717) is 0 Å². The lowest BCUT2D eigenvalue weighted by Crippen LogP contribution is -2.30. The van der Waals surface area contributed by atoms with Gasteiger partial charge in [0.2, 0.25) is 0 Å². The van der Waals surface area contributed by atoms with Crippen LogP contribution < -0.4 is 15.4 Å². The number of urea groups is 1. The molecule has 9 heteroatoms. The highest BCUT2D eigenvalue weighted by atomic mass is 19.3. The van der Waals surface area contributed by atoms with Crippen LogP contribution in [0.25, 0.3) is 0 Å². The molecule has 0 aliphatic carbocycles. The largest absolute Gasteiger partial charge is 0.481 e. The summed E-state index contributed by atoms with van der Waals surface area (Å²) >= 11 is 0. The van der Waals surface area contributed by atoms with Gasteiger partial charge in [-0.2, -0.15) is 8.78 Å². The molecule has 0 fully saturated rings.